The van der Waals surface area contributed by atoms with Gasteiger partial charge in [0.05, 0.1) is 28.3 Å². The Labute approximate surface area is 242 Å². The molecule has 0 saturated heterocycles. The van der Waals surface area contributed by atoms with Crippen LogP contribution in [0.2, 0.25) is 0 Å². The maximum atomic E-state index is 13.4. The number of halogens is 1. The van der Waals surface area contributed by atoms with Gasteiger partial charge in [-0.25, -0.2) is 0 Å². The van der Waals surface area contributed by atoms with Gasteiger partial charge >= 0.3 is 0 Å². The number of anilines is 1. The molecular formula is C27H19IN2O8S2. The Bertz CT molecular complexity index is 1950. The highest BCUT2D eigenvalue weighted by atomic mass is 127. The van der Waals surface area contributed by atoms with E-state index in [0.717, 1.165) is 37.8 Å². The summed E-state index contributed by atoms with van der Waals surface area (Å²) >= 11 is 2.22. The van der Waals surface area contributed by atoms with Crippen molar-refractivity contribution in [3.8, 4) is 0 Å². The van der Waals surface area contributed by atoms with E-state index in [-0.39, 0.29) is 28.4 Å². The largest absolute Gasteiger partial charge is 0.397 e. The van der Waals surface area contributed by atoms with E-state index < -0.39 is 47.5 Å². The molecule has 0 fully saturated rings. The van der Waals surface area contributed by atoms with Crippen LogP contribution in [0.4, 0.5) is 5.69 Å². The number of hydrogen-bond donors (Lipinski definition) is 3. The van der Waals surface area contributed by atoms with Crippen LogP contribution in [-0.2, 0) is 26.8 Å². The number of nitrogens with zero attached hydrogens (tertiary/aromatic N) is 1. The summed E-state index contributed by atoms with van der Waals surface area (Å²) in [6, 6.07) is 17.5. The van der Waals surface area contributed by atoms with Crippen LogP contribution in [0, 0.1) is 3.57 Å². The van der Waals surface area contributed by atoms with Gasteiger partial charge in [0.2, 0.25) is 0 Å². The van der Waals surface area contributed by atoms with E-state index in [1.165, 1.54) is 0 Å². The molecule has 0 aliphatic carbocycles. The fourth-order valence-electron chi connectivity index (χ4n) is 4.44. The fraction of sp³-hybridized carbons (Fsp3) is 0.0370. The minimum absolute atomic E-state index is 0.0837. The van der Waals surface area contributed by atoms with Crippen LogP contribution in [0.5, 0.6) is 0 Å². The Hall–Kier alpha value is -3.63. The molecule has 0 aromatic heterocycles. The molecule has 10 nitrogen and oxygen atoms in total. The number of nitrogens with two attached hydrogens (primary N) is 1. The van der Waals surface area contributed by atoms with E-state index in [2.05, 4.69) is 22.6 Å². The van der Waals surface area contributed by atoms with E-state index in [1.54, 1.807) is 24.3 Å². The lowest BCUT2D eigenvalue weighted by Gasteiger charge is -2.28. The first-order valence-corrected chi connectivity index (χ1v) is 15.4. The Kier molecular flexibility index (Phi) is 7.04. The van der Waals surface area contributed by atoms with Crippen molar-refractivity contribution in [2.45, 2.75) is 16.3 Å². The van der Waals surface area contributed by atoms with Gasteiger partial charge in [-0.15, -0.1) is 0 Å². The molecular weight excluding hydrogens is 671 g/mol. The van der Waals surface area contributed by atoms with Crippen molar-refractivity contribution in [2.24, 2.45) is 0 Å². The first-order valence-electron chi connectivity index (χ1n) is 11.5. The molecule has 1 aliphatic rings. The second kappa shape index (κ2) is 10.1. The van der Waals surface area contributed by atoms with Crippen LogP contribution in [0.15, 0.2) is 76.5 Å². The molecule has 1 aliphatic heterocycles. The summed E-state index contributed by atoms with van der Waals surface area (Å²) in [7, 11) is -9.80. The summed E-state index contributed by atoms with van der Waals surface area (Å²) < 4.78 is 68.3. The van der Waals surface area contributed by atoms with Crippen molar-refractivity contribution in [3.05, 3.63) is 98.1 Å². The van der Waals surface area contributed by atoms with E-state index in [1.807, 2.05) is 36.4 Å². The van der Waals surface area contributed by atoms with Gasteiger partial charge in [-0.05, 0) is 69.6 Å². The number of rotatable bonds is 6. The first-order chi connectivity index (χ1) is 18.7. The second-order valence-electron chi connectivity index (χ2n) is 9.00. The number of benzene rings is 4. The molecule has 0 bridgehead atoms. The van der Waals surface area contributed by atoms with Crippen molar-refractivity contribution < 1.29 is 35.5 Å². The molecule has 4 N–H and O–H groups in total. The van der Waals surface area contributed by atoms with Crippen molar-refractivity contribution in [3.63, 3.8) is 0 Å². The molecule has 4 aromatic carbocycles. The van der Waals surface area contributed by atoms with E-state index >= 15 is 0 Å². The van der Waals surface area contributed by atoms with Gasteiger partial charge in [0.1, 0.15) is 4.90 Å². The van der Waals surface area contributed by atoms with Crippen LogP contribution >= 0.6 is 22.6 Å². The summed E-state index contributed by atoms with van der Waals surface area (Å²) in [5.74, 6) is -1.73. The highest BCUT2D eigenvalue weighted by Gasteiger charge is 2.36. The SMILES string of the molecule is Nc1c(S(=O)(=O)O)cc2c3c(cc(S(=O)(=O)O)cc13)C(=O)N(Cc1ccc(/C=C/c3ccc(I)cc3)cc1)C2=O. The van der Waals surface area contributed by atoms with E-state index in [4.69, 9.17) is 5.73 Å². The zero-order valence-electron chi connectivity index (χ0n) is 20.3. The number of carbonyl (C=O) groups is 2. The molecule has 0 spiro atoms. The number of hydrogen-bond acceptors (Lipinski definition) is 7. The topological polar surface area (TPSA) is 172 Å². The quantitative estimate of drug-likeness (QED) is 0.0867. The maximum absolute atomic E-state index is 13.4. The highest BCUT2D eigenvalue weighted by Crippen LogP contribution is 2.39. The molecule has 5 rings (SSSR count). The number of carbonyl (C=O) groups excluding carboxylic acids is 2. The molecule has 13 heteroatoms. The molecule has 40 heavy (non-hydrogen) atoms. The molecule has 1 heterocycles. The Balaban J connectivity index is 1.54. The summed E-state index contributed by atoms with van der Waals surface area (Å²) in [4.78, 5) is 26.2. The van der Waals surface area contributed by atoms with Crippen molar-refractivity contribution in [1.29, 1.82) is 0 Å². The van der Waals surface area contributed by atoms with E-state index in [0.29, 0.717) is 5.56 Å². The van der Waals surface area contributed by atoms with Crippen LogP contribution in [0.1, 0.15) is 37.4 Å². The lowest BCUT2D eigenvalue weighted by atomic mass is 9.92. The third kappa shape index (κ3) is 5.25. The van der Waals surface area contributed by atoms with Crippen LogP contribution in [0.25, 0.3) is 22.9 Å². The number of imide groups is 1. The lowest BCUT2D eigenvalue weighted by Crippen LogP contribution is -2.40. The van der Waals surface area contributed by atoms with Crippen molar-refractivity contribution in [2.75, 3.05) is 5.73 Å². The summed E-state index contributed by atoms with van der Waals surface area (Å²) in [6.07, 6.45) is 3.84. The molecule has 0 saturated carbocycles. The predicted octanol–water partition coefficient (Wildman–Crippen LogP) is 4.49. The summed E-state index contributed by atoms with van der Waals surface area (Å²) in [5, 5.41) is -0.375. The van der Waals surface area contributed by atoms with Crippen LogP contribution < -0.4 is 5.73 Å². The predicted molar refractivity (Wildman–Crippen MR) is 157 cm³/mol. The number of amides is 2. The maximum Gasteiger partial charge on any atom is 0.296 e. The minimum Gasteiger partial charge on any atom is -0.397 e. The Morgan fingerprint density at radius 2 is 1.30 bits per heavy atom. The third-order valence-electron chi connectivity index (χ3n) is 6.40. The molecule has 204 valence electrons. The Morgan fingerprint density at radius 1 is 0.775 bits per heavy atom. The smallest absolute Gasteiger partial charge is 0.296 e. The van der Waals surface area contributed by atoms with Gasteiger partial charge in [0, 0.05) is 14.3 Å². The third-order valence-corrected chi connectivity index (χ3v) is 8.84. The average molecular weight is 690 g/mol. The van der Waals surface area contributed by atoms with Crippen molar-refractivity contribution in [1.82, 2.24) is 4.90 Å². The second-order valence-corrected chi connectivity index (χ2v) is 13.1. The highest BCUT2D eigenvalue weighted by molar-refractivity contribution is 14.1. The van der Waals surface area contributed by atoms with Crippen LogP contribution in [0.3, 0.4) is 0 Å². The van der Waals surface area contributed by atoms with Gasteiger partial charge in [-0.3, -0.25) is 23.6 Å². The van der Waals surface area contributed by atoms with Crippen LogP contribution in [-0.4, -0.2) is 42.7 Å². The zero-order chi connectivity index (χ0) is 29.0. The monoisotopic (exact) mass is 690 g/mol. The lowest BCUT2D eigenvalue weighted by molar-refractivity contribution is 0.0598. The summed E-state index contributed by atoms with van der Waals surface area (Å²) in [5.41, 5.74) is 7.22. The molecule has 0 radical (unpaired) electrons. The standard InChI is InChI=1S/C27H19IN2O8S2/c28-18-9-7-16(8-10-18)2-1-15-3-5-17(6-4-15)14-30-26(31)21-12-19(39(33,34)35)11-20-24(21)22(27(30)32)13-23(25(20)29)40(36,37)38/h1-13H,14,29H2,(H,33,34,35)(H,36,37,38)/b2-1+. The molecule has 4 aromatic rings. The van der Waals surface area contributed by atoms with Crippen molar-refractivity contribution >= 4 is 83.3 Å². The normalized spacial score (nSPS) is 13.9. The number of nitrogen functional groups attached to an aromatic ring is 1. The first kappa shape index (κ1) is 27.9. The zero-order valence-corrected chi connectivity index (χ0v) is 24.1. The molecule has 0 atom stereocenters. The fourth-order valence-corrected chi connectivity index (χ4v) is 5.99. The minimum atomic E-state index is -4.94. The van der Waals surface area contributed by atoms with Gasteiger partial charge in [0.25, 0.3) is 32.1 Å². The molecule has 2 amide bonds. The van der Waals surface area contributed by atoms with E-state index in [9.17, 15) is 35.5 Å². The average Bonchev–Trinajstić information content (AvgIpc) is 2.89. The van der Waals surface area contributed by atoms with Gasteiger partial charge < -0.3 is 5.73 Å². The Morgan fingerprint density at radius 3 is 1.82 bits per heavy atom. The molecule has 0 unspecified atom stereocenters. The summed E-state index contributed by atoms with van der Waals surface area (Å²) in [6.45, 7) is -0.221. The van der Waals surface area contributed by atoms with Gasteiger partial charge in [-0.2, -0.15) is 16.8 Å². The van der Waals surface area contributed by atoms with Gasteiger partial charge in [0.15, 0.2) is 0 Å². The van der Waals surface area contributed by atoms with Gasteiger partial charge in [-0.1, -0.05) is 48.6 Å².